The number of fused-ring (bicyclic) bond motifs is 1. The summed E-state index contributed by atoms with van der Waals surface area (Å²) in [6.07, 6.45) is 1.22. The Labute approximate surface area is 129 Å². The Kier molecular flexibility index (Phi) is 3.95. The Balaban J connectivity index is 1.67. The van der Waals surface area contributed by atoms with Gasteiger partial charge in [0.1, 0.15) is 0 Å². The highest BCUT2D eigenvalue weighted by Crippen LogP contribution is 2.39. The summed E-state index contributed by atoms with van der Waals surface area (Å²) in [4.78, 5) is 1.73. The first-order valence-corrected chi connectivity index (χ1v) is 9.67. The van der Waals surface area contributed by atoms with E-state index in [-0.39, 0.29) is 0 Å². The molecule has 0 radical (unpaired) electrons. The van der Waals surface area contributed by atoms with Gasteiger partial charge in [-0.3, -0.25) is 0 Å². The van der Waals surface area contributed by atoms with Gasteiger partial charge in [-0.15, -0.1) is 11.8 Å². The molecule has 1 atom stereocenters. The van der Waals surface area contributed by atoms with Crippen LogP contribution >= 0.6 is 11.8 Å². The van der Waals surface area contributed by atoms with Crippen LogP contribution in [0.4, 0.5) is 5.69 Å². The van der Waals surface area contributed by atoms with Gasteiger partial charge in [0.05, 0.1) is 4.90 Å². The van der Waals surface area contributed by atoms with Gasteiger partial charge >= 0.3 is 0 Å². The number of benzene rings is 2. The van der Waals surface area contributed by atoms with Gasteiger partial charge in [-0.25, -0.2) is 8.42 Å². The van der Waals surface area contributed by atoms with Crippen LogP contribution < -0.4 is 5.32 Å². The maximum atomic E-state index is 11.4. The molecule has 3 rings (SSSR count). The van der Waals surface area contributed by atoms with E-state index in [1.807, 2.05) is 23.9 Å². The van der Waals surface area contributed by atoms with Gasteiger partial charge in [0.15, 0.2) is 9.84 Å². The van der Waals surface area contributed by atoms with E-state index in [1.54, 1.807) is 12.1 Å². The maximum Gasteiger partial charge on any atom is 0.175 e. The smallest absolute Gasteiger partial charge is 0.175 e. The molecule has 110 valence electrons. The predicted molar refractivity (Wildman–Crippen MR) is 87.9 cm³/mol. The Morgan fingerprint density at radius 1 is 1.14 bits per heavy atom. The standard InChI is InChI=1S/C16H17NO2S2/c1-21(18,19)14-8-6-13(7-9-14)17-10-12-11-20-16-5-3-2-4-15(12)16/h2-9,12,17H,10-11H2,1H3. The summed E-state index contributed by atoms with van der Waals surface area (Å²) in [7, 11) is -3.12. The zero-order chi connectivity index (χ0) is 14.9. The highest BCUT2D eigenvalue weighted by atomic mass is 32.2. The zero-order valence-corrected chi connectivity index (χ0v) is 13.4. The van der Waals surface area contributed by atoms with Crippen molar-refractivity contribution in [1.29, 1.82) is 0 Å². The molecule has 0 aromatic heterocycles. The Bertz CT molecular complexity index is 739. The molecule has 1 heterocycles. The Morgan fingerprint density at radius 2 is 1.86 bits per heavy atom. The lowest BCUT2D eigenvalue weighted by Gasteiger charge is -2.13. The molecule has 1 aliphatic rings. The third kappa shape index (κ3) is 3.24. The molecule has 1 unspecified atom stereocenters. The fourth-order valence-corrected chi connectivity index (χ4v) is 4.34. The van der Waals surface area contributed by atoms with Crippen LogP contribution in [0.1, 0.15) is 11.5 Å². The van der Waals surface area contributed by atoms with Crippen molar-refractivity contribution in [2.75, 3.05) is 23.9 Å². The molecule has 0 aliphatic carbocycles. The van der Waals surface area contributed by atoms with Gasteiger partial charge < -0.3 is 5.32 Å². The van der Waals surface area contributed by atoms with Gasteiger partial charge in [-0.2, -0.15) is 0 Å². The number of nitrogens with one attached hydrogen (secondary N) is 1. The Hall–Kier alpha value is -1.46. The first-order chi connectivity index (χ1) is 10.0. The minimum absolute atomic E-state index is 0.356. The SMILES string of the molecule is CS(=O)(=O)c1ccc(NCC2CSc3ccccc32)cc1. The van der Waals surface area contributed by atoms with Crippen LogP contribution in [0.3, 0.4) is 0 Å². The van der Waals surface area contributed by atoms with E-state index < -0.39 is 9.84 Å². The minimum Gasteiger partial charge on any atom is -0.384 e. The van der Waals surface area contributed by atoms with Crippen molar-refractivity contribution in [3.8, 4) is 0 Å². The highest BCUT2D eigenvalue weighted by Gasteiger charge is 2.22. The van der Waals surface area contributed by atoms with Gasteiger partial charge in [-0.1, -0.05) is 18.2 Å². The summed E-state index contributed by atoms with van der Waals surface area (Å²) in [5.41, 5.74) is 2.36. The number of hydrogen-bond acceptors (Lipinski definition) is 4. The van der Waals surface area contributed by atoms with E-state index >= 15 is 0 Å². The molecular weight excluding hydrogens is 302 g/mol. The topological polar surface area (TPSA) is 46.2 Å². The molecule has 0 amide bonds. The van der Waals surface area contributed by atoms with Gasteiger partial charge in [-0.05, 0) is 35.9 Å². The quantitative estimate of drug-likeness (QED) is 0.938. The van der Waals surface area contributed by atoms with E-state index in [9.17, 15) is 8.42 Å². The molecule has 0 saturated heterocycles. The number of hydrogen-bond donors (Lipinski definition) is 1. The molecule has 21 heavy (non-hydrogen) atoms. The summed E-state index contributed by atoms with van der Waals surface area (Å²) >= 11 is 1.90. The molecule has 0 spiro atoms. The van der Waals surface area contributed by atoms with Crippen LogP contribution in [0.15, 0.2) is 58.3 Å². The molecule has 1 N–H and O–H groups in total. The van der Waals surface area contributed by atoms with E-state index in [1.165, 1.54) is 16.7 Å². The summed E-state index contributed by atoms with van der Waals surface area (Å²) < 4.78 is 22.9. The lowest BCUT2D eigenvalue weighted by Crippen LogP contribution is -2.12. The second kappa shape index (κ2) is 5.73. The lowest BCUT2D eigenvalue weighted by molar-refractivity contribution is 0.602. The molecule has 0 bridgehead atoms. The maximum absolute atomic E-state index is 11.4. The zero-order valence-electron chi connectivity index (χ0n) is 11.7. The fraction of sp³-hybridized carbons (Fsp3) is 0.250. The Morgan fingerprint density at radius 3 is 2.57 bits per heavy atom. The molecule has 1 aliphatic heterocycles. The second-order valence-electron chi connectivity index (χ2n) is 5.22. The molecular formula is C16H17NO2S2. The summed E-state index contributed by atoms with van der Waals surface area (Å²) in [6, 6.07) is 15.5. The summed E-state index contributed by atoms with van der Waals surface area (Å²) in [5.74, 6) is 1.59. The summed E-state index contributed by atoms with van der Waals surface area (Å²) in [5, 5.41) is 3.40. The van der Waals surface area contributed by atoms with E-state index in [0.717, 1.165) is 18.0 Å². The highest BCUT2D eigenvalue weighted by molar-refractivity contribution is 7.99. The predicted octanol–water partition coefficient (Wildman–Crippen LogP) is 3.39. The van der Waals surface area contributed by atoms with Crippen LogP contribution in [-0.2, 0) is 9.84 Å². The first-order valence-electron chi connectivity index (χ1n) is 6.80. The molecule has 2 aromatic rings. The monoisotopic (exact) mass is 319 g/mol. The van der Waals surface area contributed by atoms with Crippen LogP contribution in [0.5, 0.6) is 0 Å². The van der Waals surface area contributed by atoms with Crippen molar-refractivity contribution in [3.05, 3.63) is 54.1 Å². The number of rotatable bonds is 4. The number of anilines is 1. The summed E-state index contributed by atoms with van der Waals surface area (Å²) in [6.45, 7) is 0.863. The first kappa shape index (κ1) is 14.5. The van der Waals surface area contributed by atoms with Crippen molar-refractivity contribution in [2.24, 2.45) is 0 Å². The van der Waals surface area contributed by atoms with E-state index in [2.05, 4.69) is 29.6 Å². The van der Waals surface area contributed by atoms with E-state index in [4.69, 9.17) is 0 Å². The number of thioether (sulfide) groups is 1. The third-order valence-electron chi connectivity index (χ3n) is 3.63. The average Bonchev–Trinajstić information content (AvgIpc) is 2.88. The van der Waals surface area contributed by atoms with Crippen LogP contribution in [0.2, 0.25) is 0 Å². The van der Waals surface area contributed by atoms with Gasteiger partial charge in [0.2, 0.25) is 0 Å². The van der Waals surface area contributed by atoms with Crippen molar-refractivity contribution < 1.29 is 8.42 Å². The van der Waals surface area contributed by atoms with Crippen LogP contribution in [0.25, 0.3) is 0 Å². The molecule has 5 heteroatoms. The molecule has 0 saturated carbocycles. The molecule has 3 nitrogen and oxygen atoms in total. The number of sulfone groups is 1. The van der Waals surface area contributed by atoms with Gasteiger partial charge in [0.25, 0.3) is 0 Å². The average molecular weight is 319 g/mol. The van der Waals surface area contributed by atoms with Gasteiger partial charge in [0, 0.05) is 35.1 Å². The van der Waals surface area contributed by atoms with E-state index in [0.29, 0.717) is 10.8 Å². The van der Waals surface area contributed by atoms with Crippen LogP contribution in [-0.4, -0.2) is 27.0 Å². The lowest BCUT2D eigenvalue weighted by atomic mass is 10.0. The third-order valence-corrected chi connectivity index (χ3v) is 6.01. The second-order valence-corrected chi connectivity index (χ2v) is 8.30. The van der Waals surface area contributed by atoms with Crippen molar-refractivity contribution in [2.45, 2.75) is 15.7 Å². The van der Waals surface area contributed by atoms with Crippen molar-refractivity contribution >= 4 is 27.3 Å². The largest absolute Gasteiger partial charge is 0.384 e. The molecule has 2 aromatic carbocycles. The molecule has 0 fully saturated rings. The fourth-order valence-electron chi connectivity index (χ4n) is 2.46. The van der Waals surface area contributed by atoms with Crippen molar-refractivity contribution in [1.82, 2.24) is 0 Å². The normalized spacial score (nSPS) is 17.5. The minimum atomic E-state index is -3.12. The van der Waals surface area contributed by atoms with Crippen LogP contribution in [0, 0.1) is 0 Å². The van der Waals surface area contributed by atoms with Crippen molar-refractivity contribution in [3.63, 3.8) is 0 Å².